The molecule has 3 heterocycles. The van der Waals surface area contributed by atoms with Gasteiger partial charge in [0.2, 0.25) is 0 Å². The molecule has 3 aliphatic rings. The number of carbonyl (C=O) groups excluding carboxylic acids is 2. The van der Waals surface area contributed by atoms with Gasteiger partial charge < -0.3 is 30.3 Å². The predicted octanol–water partition coefficient (Wildman–Crippen LogP) is 2.36. The van der Waals surface area contributed by atoms with Crippen molar-refractivity contribution in [2.75, 3.05) is 45.9 Å². The van der Waals surface area contributed by atoms with Crippen molar-refractivity contribution >= 4 is 12.1 Å². The third kappa shape index (κ3) is 5.23. The molecular weight excluding hydrogens is 396 g/mol. The second kappa shape index (κ2) is 9.77. The fourth-order valence-electron chi connectivity index (χ4n) is 4.74. The number of rotatable bonds is 8. The minimum absolute atomic E-state index is 0.0754. The first-order valence-corrected chi connectivity index (χ1v) is 11.5. The van der Waals surface area contributed by atoms with Gasteiger partial charge in [0.25, 0.3) is 0 Å². The van der Waals surface area contributed by atoms with Crippen LogP contribution in [0, 0.1) is 5.92 Å². The summed E-state index contributed by atoms with van der Waals surface area (Å²) in [5, 5.41) is 2.83. The minimum Gasteiger partial charge on any atom is -0.493 e. The van der Waals surface area contributed by atoms with Gasteiger partial charge in [-0.25, -0.2) is 9.59 Å². The highest BCUT2D eigenvalue weighted by molar-refractivity contribution is 5.78. The van der Waals surface area contributed by atoms with Crippen molar-refractivity contribution in [2.24, 2.45) is 11.7 Å². The number of carbonyl (C=O) groups is 2. The molecule has 1 aromatic rings. The Hall–Kier alpha value is -2.48. The molecule has 3 fully saturated rings. The summed E-state index contributed by atoms with van der Waals surface area (Å²) < 4.78 is 11.0. The Morgan fingerprint density at radius 1 is 1.16 bits per heavy atom. The largest absolute Gasteiger partial charge is 0.493 e. The lowest BCUT2D eigenvalue weighted by Crippen LogP contribution is -2.71. The maximum Gasteiger partial charge on any atom is 0.407 e. The molecule has 0 aliphatic carbocycles. The number of unbranched alkanes of at least 4 members (excludes halogenated alkanes) is 2. The van der Waals surface area contributed by atoms with Crippen LogP contribution in [0.1, 0.15) is 37.7 Å². The van der Waals surface area contributed by atoms with Crippen LogP contribution in [0.2, 0.25) is 0 Å². The maximum absolute atomic E-state index is 12.8. The summed E-state index contributed by atoms with van der Waals surface area (Å²) in [5.74, 6) is 1.54. The van der Waals surface area contributed by atoms with Crippen LogP contribution in [0.4, 0.5) is 9.59 Å². The highest BCUT2D eigenvalue weighted by Gasteiger charge is 2.52. The van der Waals surface area contributed by atoms with E-state index in [0.29, 0.717) is 25.6 Å². The molecule has 0 radical (unpaired) electrons. The van der Waals surface area contributed by atoms with E-state index in [0.717, 1.165) is 70.5 Å². The SMILES string of the molecule is NCCCCCOc1ccccc1CC1CCN(C(=O)N2CC3(COC(=O)N3)C2)CC1. The van der Waals surface area contributed by atoms with E-state index in [4.69, 9.17) is 15.2 Å². The smallest absolute Gasteiger partial charge is 0.407 e. The number of para-hydroxylation sites is 1. The van der Waals surface area contributed by atoms with Gasteiger partial charge in [-0.15, -0.1) is 0 Å². The third-order valence-electron chi connectivity index (χ3n) is 6.58. The number of nitrogens with two attached hydrogens (primary N) is 1. The number of urea groups is 1. The lowest BCUT2D eigenvalue weighted by Gasteiger charge is -2.48. The third-order valence-corrected chi connectivity index (χ3v) is 6.58. The van der Waals surface area contributed by atoms with Crippen LogP contribution in [0.15, 0.2) is 24.3 Å². The second-order valence-corrected chi connectivity index (χ2v) is 9.06. The summed E-state index contributed by atoms with van der Waals surface area (Å²) in [6.07, 6.45) is 5.76. The fraction of sp³-hybridized carbons (Fsp3) is 0.652. The van der Waals surface area contributed by atoms with Crippen LogP contribution < -0.4 is 15.8 Å². The number of benzene rings is 1. The number of ether oxygens (including phenoxy) is 2. The number of alkyl carbamates (subject to hydrolysis) is 1. The zero-order valence-corrected chi connectivity index (χ0v) is 18.2. The summed E-state index contributed by atoms with van der Waals surface area (Å²) in [6, 6.07) is 8.39. The van der Waals surface area contributed by atoms with E-state index in [1.54, 1.807) is 0 Å². The van der Waals surface area contributed by atoms with Crippen LogP contribution in [0.3, 0.4) is 0 Å². The topological polar surface area (TPSA) is 97.1 Å². The van der Waals surface area contributed by atoms with Gasteiger partial charge in [-0.1, -0.05) is 18.2 Å². The van der Waals surface area contributed by atoms with Gasteiger partial charge in [0.1, 0.15) is 17.9 Å². The Morgan fingerprint density at radius 2 is 1.94 bits per heavy atom. The number of cyclic esters (lactones) is 1. The monoisotopic (exact) mass is 430 g/mol. The van der Waals surface area contributed by atoms with Crippen LogP contribution in [0.5, 0.6) is 5.75 Å². The molecule has 0 bridgehead atoms. The average molecular weight is 431 g/mol. The van der Waals surface area contributed by atoms with Crippen molar-refractivity contribution in [1.82, 2.24) is 15.1 Å². The molecule has 8 heteroatoms. The number of nitrogens with zero attached hydrogens (tertiary/aromatic N) is 2. The number of hydrogen-bond acceptors (Lipinski definition) is 5. The van der Waals surface area contributed by atoms with Gasteiger partial charge in [-0.2, -0.15) is 0 Å². The van der Waals surface area contributed by atoms with Gasteiger partial charge >= 0.3 is 12.1 Å². The first kappa shape index (κ1) is 21.7. The molecule has 3 N–H and O–H groups in total. The van der Waals surface area contributed by atoms with E-state index in [2.05, 4.69) is 23.5 Å². The van der Waals surface area contributed by atoms with Gasteiger partial charge in [-0.3, -0.25) is 0 Å². The minimum atomic E-state index is -0.382. The number of likely N-dealkylation sites (tertiary alicyclic amines) is 2. The zero-order chi connectivity index (χ0) is 21.7. The van der Waals surface area contributed by atoms with Crippen molar-refractivity contribution in [2.45, 2.75) is 44.1 Å². The quantitative estimate of drug-likeness (QED) is 0.617. The highest BCUT2D eigenvalue weighted by atomic mass is 16.6. The van der Waals surface area contributed by atoms with E-state index in [-0.39, 0.29) is 17.7 Å². The van der Waals surface area contributed by atoms with Crippen molar-refractivity contribution in [3.63, 3.8) is 0 Å². The Kier molecular flexibility index (Phi) is 6.85. The van der Waals surface area contributed by atoms with E-state index >= 15 is 0 Å². The molecule has 1 aromatic carbocycles. The van der Waals surface area contributed by atoms with Crippen molar-refractivity contribution in [3.05, 3.63) is 29.8 Å². The van der Waals surface area contributed by atoms with E-state index in [1.807, 2.05) is 15.9 Å². The maximum atomic E-state index is 12.8. The van der Waals surface area contributed by atoms with Crippen LogP contribution in [0.25, 0.3) is 0 Å². The van der Waals surface area contributed by atoms with Gasteiger partial charge in [0.15, 0.2) is 0 Å². The molecule has 31 heavy (non-hydrogen) atoms. The zero-order valence-electron chi connectivity index (χ0n) is 18.2. The predicted molar refractivity (Wildman–Crippen MR) is 117 cm³/mol. The molecule has 1 spiro atoms. The van der Waals surface area contributed by atoms with Crippen LogP contribution in [-0.4, -0.2) is 73.4 Å². The lowest BCUT2D eigenvalue weighted by atomic mass is 9.89. The molecule has 3 aliphatic heterocycles. The fourth-order valence-corrected chi connectivity index (χ4v) is 4.74. The Balaban J connectivity index is 1.21. The molecule has 3 amide bonds. The molecular formula is C23H34N4O4. The second-order valence-electron chi connectivity index (χ2n) is 9.06. The normalized spacial score (nSPS) is 20.4. The molecule has 0 saturated carbocycles. The van der Waals surface area contributed by atoms with Gasteiger partial charge in [0, 0.05) is 13.1 Å². The van der Waals surface area contributed by atoms with Crippen molar-refractivity contribution in [1.29, 1.82) is 0 Å². The molecule has 0 unspecified atom stereocenters. The number of hydrogen-bond donors (Lipinski definition) is 2. The summed E-state index contributed by atoms with van der Waals surface area (Å²) in [6.45, 7) is 4.44. The summed E-state index contributed by atoms with van der Waals surface area (Å²) >= 11 is 0. The van der Waals surface area contributed by atoms with Gasteiger partial charge in [0.05, 0.1) is 19.7 Å². The first-order chi connectivity index (χ1) is 15.1. The number of amides is 3. The Bertz CT molecular complexity index is 773. The first-order valence-electron chi connectivity index (χ1n) is 11.5. The van der Waals surface area contributed by atoms with E-state index in [1.165, 1.54) is 5.56 Å². The molecule has 0 atom stereocenters. The molecule has 4 rings (SSSR count). The lowest BCUT2D eigenvalue weighted by molar-refractivity contribution is 0.0473. The standard InChI is InChI=1S/C23H34N4O4/c24-10-4-1-5-13-30-20-7-3-2-6-19(20)14-18-8-11-26(12-9-18)22(29)27-15-23(16-27)17-31-21(28)25-23/h2-3,6-7,18H,1,4-5,8-17,24H2,(H,25,28). The average Bonchev–Trinajstić information content (AvgIpc) is 3.16. The molecule has 8 nitrogen and oxygen atoms in total. The summed E-state index contributed by atoms with van der Waals surface area (Å²) in [4.78, 5) is 27.8. The van der Waals surface area contributed by atoms with E-state index < -0.39 is 0 Å². The number of piperidine rings is 1. The molecule has 3 saturated heterocycles. The molecule has 170 valence electrons. The summed E-state index contributed by atoms with van der Waals surface area (Å²) in [5.41, 5.74) is 6.45. The van der Waals surface area contributed by atoms with Crippen LogP contribution in [-0.2, 0) is 11.2 Å². The van der Waals surface area contributed by atoms with Crippen molar-refractivity contribution in [3.8, 4) is 5.75 Å². The Labute approximate surface area is 184 Å². The van der Waals surface area contributed by atoms with Crippen LogP contribution >= 0.6 is 0 Å². The Morgan fingerprint density at radius 3 is 2.65 bits per heavy atom. The van der Waals surface area contributed by atoms with E-state index in [9.17, 15) is 9.59 Å². The highest BCUT2D eigenvalue weighted by Crippen LogP contribution is 2.30. The van der Waals surface area contributed by atoms with Gasteiger partial charge in [-0.05, 0) is 62.6 Å². The number of nitrogens with one attached hydrogen (secondary N) is 1. The molecule has 0 aromatic heterocycles. The van der Waals surface area contributed by atoms with Crippen molar-refractivity contribution < 1.29 is 19.1 Å². The summed E-state index contributed by atoms with van der Waals surface area (Å²) in [7, 11) is 0.